The van der Waals surface area contributed by atoms with Crippen molar-refractivity contribution in [3.8, 4) is 0 Å². The molecule has 0 bridgehead atoms. The van der Waals surface area contributed by atoms with Crippen molar-refractivity contribution in [1.29, 1.82) is 0 Å². The number of rotatable bonds is 5. The number of nitrogens with zero attached hydrogens (tertiary/aromatic N) is 1. The average Bonchev–Trinajstić information content (AvgIpc) is 2.51. The number of benzene rings is 2. The molecule has 0 heterocycles. The van der Waals surface area contributed by atoms with Gasteiger partial charge in [0.05, 0.1) is 6.21 Å². The zero-order chi connectivity index (χ0) is 15.9. The van der Waals surface area contributed by atoms with Crippen molar-refractivity contribution < 1.29 is 14.0 Å². The number of hydrogen-bond acceptors (Lipinski definition) is 3. The molecule has 2 rings (SSSR count). The van der Waals surface area contributed by atoms with Crippen molar-refractivity contribution in [1.82, 2.24) is 0 Å². The standard InChI is InChI=1S/C17H17FN2O2/c1-12-5-3-4-6-14(12)11-19-22-13(2)17(21)20-16-9-7-15(18)8-10-16/h3-11,13H,1-2H3,(H,20,21)/b19-11-/t13-/m0/s1. The van der Waals surface area contributed by atoms with Crippen molar-refractivity contribution in [2.24, 2.45) is 5.16 Å². The second-order valence-corrected chi connectivity index (χ2v) is 4.83. The number of carbonyl (C=O) groups is 1. The van der Waals surface area contributed by atoms with Crippen LogP contribution in [0.5, 0.6) is 0 Å². The Bertz CT molecular complexity index is 669. The molecule has 2 aromatic carbocycles. The molecule has 0 fully saturated rings. The maximum Gasteiger partial charge on any atom is 0.267 e. The highest BCUT2D eigenvalue weighted by atomic mass is 19.1. The molecule has 0 saturated carbocycles. The third-order valence-electron chi connectivity index (χ3n) is 3.08. The van der Waals surface area contributed by atoms with Crippen LogP contribution in [0.15, 0.2) is 53.7 Å². The molecule has 0 aliphatic rings. The van der Waals surface area contributed by atoms with Gasteiger partial charge in [-0.15, -0.1) is 0 Å². The predicted molar refractivity (Wildman–Crippen MR) is 84.3 cm³/mol. The van der Waals surface area contributed by atoms with Crippen LogP contribution in [0.25, 0.3) is 0 Å². The summed E-state index contributed by atoms with van der Waals surface area (Å²) in [5, 5.41) is 6.46. The lowest BCUT2D eigenvalue weighted by molar-refractivity contribution is -0.126. The minimum atomic E-state index is -0.759. The van der Waals surface area contributed by atoms with Gasteiger partial charge in [-0.05, 0) is 49.2 Å². The van der Waals surface area contributed by atoms with E-state index in [-0.39, 0.29) is 11.7 Å². The first-order valence-corrected chi connectivity index (χ1v) is 6.87. The Morgan fingerprint density at radius 1 is 1.23 bits per heavy atom. The quantitative estimate of drug-likeness (QED) is 0.678. The molecule has 1 amide bonds. The number of carbonyl (C=O) groups excluding carboxylic acids is 1. The Kier molecular flexibility index (Phi) is 5.25. The monoisotopic (exact) mass is 300 g/mol. The van der Waals surface area contributed by atoms with E-state index in [1.165, 1.54) is 24.3 Å². The second-order valence-electron chi connectivity index (χ2n) is 4.83. The maximum atomic E-state index is 12.8. The molecule has 4 nitrogen and oxygen atoms in total. The highest BCUT2D eigenvalue weighted by Gasteiger charge is 2.14. The normalized spacial score (nSPS) is 12.1. The zero-order valence-corrected chi connectivity index (χ0v) is 12.4. The number of nitrogens with one attached hydrogen (secondary N) is 1. The molecule has 5 heteroatoms. The Balaban J connectivity index is 1.89. The van der Waals surface area contributed by atoms with Gasteiger partial charge in [0.1, 0.15) is 5.82 Å². The van der Waals surface area contributed by atoms with Crippen molar-refractivity contribution in [2.45, 2.75) is 20.0 Å². The number of aryl methyl sites for hydroxylation is 1. The van der Waals surface area contributed by atoms with Crippen LogP contribution in [0.3, 0.4) is 0 Å². The van der Waals surface area contributed by atoms with Gasteiger partial charge in [-0.3, -0.25) is 4.79 Å². The summed E-state index contributed by atoms with van der Waals surface area (Å²) >= 11 is 0. The van der Waals surface area contributed by atoms with E-state index in [1.54, 1.807) is 13.1 Å². The lowest BCUT2D eigenvalue weighted by Crippen LogP contribution is -2.26. The van der Waals surface area contributed by atoms with Crippen molar-refractivity contribution >= 4 is 17.8 Å². The molecule has 0 aromatic heterocycles. The van der Waals surface area contributed by atoms with E-state index in [9.17, 15) is 9.18 Å². The van der Waals surface area contributed by atoms with Crippen LogP contribution < -0.4 is 5.32 Å². The number of anilines is 1. The van der Waals surface area contributed by atoms with Crippen LogP contribution in [0, 0.1) is 12.7 Å². The minimum Gasteiger partial charge on any atom is -0.383 e. The van der Waals surface area contributed by atoms with E-state index in [0.29, 0.717) is 5.69 Å². The fraction of sp³-hybridized carbons (Fsp3) is 0.176. The smallest absolute Gasteiger partial charge is 0.267 e. The van der Waals surface area contributed by atoms with Crippen molar-refractivity contribution in [3.63, 3.8) is 0 Å². The number of hydrogen-bond donors (Lipinski definition) is 1. The number of oxime groups is 1. The third-order valence-corrected chi connectivity index (χ3v) is 3.08. The fourth-order valence-corrected chi connectivity index (χ4v) is 1.74. The molecule has 1 atom stereocenters. The first-order chi connectivity index (χ1) is 10.6. The van der Waals surface area contributed by atoms with Gasteiger partial charge in [0.15, 0.2) is 0 Å². The van der Waals surface area contributed by atoms with Gasteiger partial charge in [0, 0.05) is 5.69 Å². The molecule has 0 unspecified atom stereocenters. The van der Waals surface area contributed by atoms with Gasteiger partial charge < -0.3 is 10.2 Å². The zero-order valence-electron chi connectivity index (χ0n) is 12.4. The summed E-state index contributed by atoms with van der Waals surface area (Å²) in [6.45, 7) is 3.56. The summed E-state index contributed by atoms with van der Waals surface area (Å²) in [6, 6.07) is 13.2. The molecular formula is C17H17FN2O2. The number of halogens is 1. The van der Waals surface area contributed by atoms with E-state index >= 15 is 0 Å². The van der Waals surface area contributed by atoms with Gasteiger partial charge in [0.25, 0.3) is 5.91 Å². The highest BCUT2D eigenvalue weighted by Crippen LogP contribution is 2.09. The minimum absolute atomic E-state index is 0.353. The van der Waals surface area contributed by atoms with Crippen LogP contribution >= 0.6 is 0 Å². The van der Waals surface area contributed by atoms with Crippen LogP contribution in [0.4, 0.5) is 10.1 Å². The van der Waals surface area contributed by atoms with Crippen LogP contribution in [0.1, 0.15) is 18.1 Å². The van der Waals surface area contributed by atoms with Crippen LogP contribution in [0.2, 0.25) is 0 Å². The summed E-state index contributed by atoms with van der Waals surface area (Å²) in [6.07, 6.45) is 0.808. The summed E-state index contributed by atoms with van der Waals surface area (Å²) in [5.41, 5.74) is 2.50. The van der Waals surface area contributed by atoms with Gasteiger partial charge >= 0.3 is 0 Å². The molecule has 1 N–H and O–H groups in total. The Hall–Kier alpha value is -2.69. The van der Waals surface area contributed by atoms with Gasteiger partial charge in [-0.25, -0.2) is 4.39 Å². The van der Waals surface area contributed by atoms with Gasteiger partial charge in [-0.1, -0.05) is 29.4 Å². The lowest BCUT2D eigenvalue weighted by atomic mass is 10.1. The topological polar surface area (TPSA) is 50.7 Å². The average molecular weight is 300 g/mol. The molecule has 0 aliphatic heterocycles. The molecule has 0 spiro atoms. The Morgan fingerprint density at radius 3 is 2.59 bits per heavy atom. The SMILES string of the molecule is Cc1ccccc1/C=N\O[C@@H](C)C(=O)Nc1ccc(F)cc1. The first kappa shape index (κ1) is 15.7. The first-order valence-electron chi connectivity index (χ1n) is 6.87. The van der Waals surface area contributed by atoms with E-state index in [0.717, 1.165) is 11.1 Å². The third kappa shape index (κ3) is 4.41. The molecule has 114 valence electrons. The Morgan fingerprint density at radius 2 is 1.91 bits per heavy atom. The number of amides is 1. The summed E-state index contributed by atoms with van der Waals surface area (Å²) in [7, 11) is 0. The lowest BCUT2D eigenvalue weighted by Gasteiger charge is -2.10. The van der Waals surface area contributed by atoms with Crippen molar-refractivity contribution in [3.05, 3.63) is 65.5 Å². The molecular weight excluding hydrogens is 283 g/mol. The Labute approximate surface area is 128 Å². The van der Waals surface area contributed by atoms with E-state index < -0.39 is 6.10 Å². The second kappa shape index (κ2) is 7.36. The van der Waals surface area contributed by atoms with Gasteiger partial charge in [-0.2, -0.15) is 0 Å². The van der Waals surface area contributed by atoms with E-state index in [1.807, 2.05) is 31.2 Å². The van der Waals surface area contributed by atoms with E-state index in [2.05, 4.69) is 10.5 Å². The summed E-state index contributed by atoms with van der Waals surface area (Å²) in [5.74, 6) is -0.710. The fourth-order valence-electron chi connectivity index (χ4n) is 1.74. The van der Waals surface area contributed by atoms with Crippen LogP contribution in [-0.4, -0.2) is 18.2 Å². The maximum absolute atomic E-state index is 12.8. The molecule has 2 aromatic rings. The van der Waals surface area contributed by atoms with Crippen LogP contribution in [-0.2, 0) is 9.63 Å². The van der Waals surface area contributed by atoms with E-state index in [4.69, 9.17) is 4.84 Å². The summed E-state index contributed by atoms with van der Waals surface area (Å²) < 4.78 is 12.8. The summed E-state index contributed by atoms with van der Waals surface area (Å²) in [4.78, 5) is 17.0. The molecule has 0 radical (unpaired) electrons. The largest absolute Gasteiger partial charge is 0.383 e. The van der Waals surface area contributed by atoms with Crippen molar-refractivity contribution in [2.75, 3.05) is 5.32 Å². The predicted octanol–water partition coefficient (Wildman–Crippen LogP) is 3.51. The molecule has 0 aliphatic carbocycles. The molecule has 22 heavy (non-hydrogen) atoms. The highest BCUT2D eigenvalue weighted by molar-refractivity contribution is 5.93. The van der Waals surface area contributed by atoms with Gasteiger partial charge in [0.2, 0.25) is 6.10 Å². The molecule has 0 saturated heterocycles.